The van der Waals surface area contributed by atoms with Crippen molar-refractivity contribution in [3.63, 3.8) is 0 Å². The van der Waals surface area contributed by atoms with Crippen molar-refractivity contribution in [3.05, 3.63) is 5.43 Å². The van der Waals surface area contributed by atoms with Crippen LogP contribution in [-0.2, 0) is 9.53 Å². The molecule has 1 amide bonds. The maximum Gasteiger partial charge on any atom is 0.226 e. The van der Waals surface area contributed by atoms with Gasteiger partial charge in [-0.2, -0.15) is 0 Å². The Bertz CT molecular complexity index is 655. The van der Waals surface area contributed by atoms with Crippen LogP contribution in [0.25, 0.3) is 5.43 Å². The molecule has 5 N–H and O–H groups in total. The SMILES string of the molecule is C[C@H]1CN(C2COC2)CCN1C1CCNCC1NC(=O)C1C(N)[N-]N2CC(F)CNC12. The second-order valence-corrected chi connectivity index (χ2v) is 9.65. The van der Waals surface area contributed by atoms with Gasteiger partial charge in [-0.3, -0.25) is 19.9 Å². The van der Waals surface area contributed by atoms with Crippen molar-refractivity contribution in [2.45, 2.75) is 56.0 Å². The summed E-state index contributed by atoms with van der Waals surface area (Å²) >= 11 is 0. The smallest absolute Gasteiger partial charge is 0.226 e. The van der Waals surface area contributed by atoms with Crippen molar-refractivity contribution in [3.8, 4) is 0 Å². The molecular weight excluding hydrogens is 403 g/mol. The van der Waals surface area contributed by atoms with Crippen molar-refractivity contribution in [1.82, 2.24) is 30.8 Å². The third-order valence-corrected chi connectivity index (χ3v) is 7.59. The van der Waals surface area contributed by atoms with Crippen LogP contribution in [0, 0.1) is 5.92 Å². The fourth-order valence-electron chi connectivity index (χ4n) is 5.82. The van der Waals surface area contributed by atoms with Crippen molar-refractivity contribution >= 4 is 5.91 Å². The highest BCUT2D eigenvalue weighted by molar-refractivity contribution is 5.81. The van der Waals surface area contributed by atoms with E-state index >= 15 is 0 Å². The molecule has 10 nitrogen and oxygen atoms in total. The van der Waals surface area contributed by atoms with Crippen molar-refractivity contribution in [2.75, 3.05) is 59.0 Å². The van der Waals surface area contributed by atoms with Crippen LogP contribution >= 0.6 is 0 Å². The van der Waals surface area contributed by atoms with Crippen LogP contribution in [0.15, 0.2) is 0 Å². The first-order chi connectivity index (χ1) is 15.0. The molecule has 0 saturated carbocycles. The van der Waals surface area contributed by atoms with Gasteiger partial charge in [0.2, 0.25) is 5.91 Å². The summed E-state index contributed by atoms with van der Waals surface area (Å²) in [6.07, 6.45) is -0.970. The fourth-order valence-corrected chi connectivity index (χ4v) is 5.82. The maximum atomic E-state index is 13.7. The minimum Gasteiger partial charge on any atom is -0.578 e. The Morgan fingerprint density at radius 3 is 2.84 bits per heavy atom. The number of piperazine rings is 1. The third kappa shape index (κ3) is 4.34. The van der Waals surface area contributed by atoms with E-state index in [-0.39, 0.29) is 31.2 Å². The Labute approximate surface area is 183 Å². The van der Waals surface area contributed by atoms with Gasteiger partial charge in [0.25, 0.3) is 0 Å². The number of amides is 1. The number of alkyl halides is 1. The molecule has 0 aromatic carbocycles. The number of fused-ring (bicyclic) bond motifs is 1. The van der Waals surface area contributed by atoms with Gasteiger partial charge < -0.3 is 31.5 Å². The van der Waals surface area contributed by atoms with Crippen LogP contribution in [0.1, 0.15) is 13.3 Å². The molecule has 5 fully saturated rings. The first kappa shape index (κ1) is 21.9. The summed E-state index contributed by atoms with van der Waals surface area (Å²) in [7, 11) is 0. The zero-order chi connectivity index (χ0) is 21.5. The number of rotatable bonds is 4. The van der Waals surface area contributed by atoms with E-state index in [9.17, 15) is 9.18 Å². The zero-order valence-corrected chi connectivity index (χ0v) is 18.3. The molecule has 5 saturated heterocycles. The second-order valence-electron chi connectivity index (χ2n) is 9.65. The lowest BCUT2D eigenvalue weighted by Gasteiger charge is -2.50. The predicted molar refractivity (Wildman–Crippen MR) is 114 cm³/mol. The van der Waals surface area contributed by atoms with Gasteiger partial charge in [0.15, 0.2) is 0 Å². The maximum absolute atomic E-state index is 13.7. The lowest BCUT2D eigenvalue weighted by molar-refractivity contribution is -0.128. The number of carbonyl (C=O) groups excluding carboxylic acids is 1. The molecule has 5 rings (SSSR count). The largest absolute Gasteiger partial charge is 0.578 e. The highest BCUT2D eigenvalue weighted by atomic mass is 19.1. The standard InChI is InChI=1S/C20H36FN8O2/c1-12-8-27(14-10-31-11-14)4-5-28(12)16-2-3-23-7-15(16)25-20(30)17-18(22)26-29-9-13(21)6-24-19(17)29/h12-19,23-24H,2-11,22H2,1H3,(H,25,30)/q-1/t12-,13?,15?,16?,17?,18?,19?/m0/s1. The second kappa shape index (κ2) is 9.14. The van der Waals surface area contributed by atoms with Gasteiger partial charge >= 0.3 is 0 Å². The number of nitrogens with two attached hydrogens (primary N) is 1. The summed E-state index contributed by atoms with van der Waals surface area (Å²) in [5.41, 5.74) is 10.5. The number of halogens is 1. The minimum atomic E-state index is -0.993. The van der Waals surface area contributed by atoms with E-state index < -0.39 is 18.3 Å². The van der Waals surface area contributed by atoms with E-state index in [1.165, 1.54) is 0 Å². The molecule has 176 valence electrons. The molecule has 0 spiro atoms. The molecular formula is C20H36FN8O2-. The Balaban J connectivity index is 1.22. The summed E-state index contributed by atoms with van der Waals surface area (Å²) in [6.45, 7) is 9.18. The molecule has 0 aliphatic carbocycles. The van der Waals surface area contributed by atoms with E-state index in [2.05, 4.69) is 38.1 Å². The fraction of sp³-hybridized carbons (Fsp3) is 0.950. The van der Waals surface area contributed by atoms with Crippen molar-refractivity contribution < 1.29 is 13.9 Å². The topological polar surface area (TPSA) is 112 Å². The predicted octanol–water partition coefficient (Wildman–Crippen LogP) is -1.99. The lowest BCUT2D eigenvalue weighted by Crippen LogP contribution is -2.67. The summed E-state index contributed by atoms with van der Waals surface area (Å²) < 4.78 is 19.1. The Morgan fingerprint density at radius 2 is 2.10 bits per heavy atom. The molecule has 0 aromatic rings. The first-order valence-electron chi connectivity index (χ1n) is 11.7. The van der Waals surface area contributed by atoms with E-state index in [1.807, 2.05) is 0 Å². The Kier molecular flexibility index (Phi) is 6.46. The van der Waals surface area contributed by atoms with Gasteiger partial charge in [-0.25, -0.2) is 4.39 Å². The molecule has 31 heavy (non-hydrogen) atoms. The van der Waals surface area contributed by atoms with Crippen LogP contribution in [0.2, 0.25) is 0 Å². The van der Waals surface area contributed by atoms with E-state index in [1.54, 1.807) is 5.01 Å². The van der Waals surface area contributed by atoms with Gasteiger partial charge in [0, 0.05) is 51.4 Å². The van der Waals surface area contributed by atoms with Crippen LogP contribution in [0.3, 0.4) is 0 Å². The number of hydrogen-bond acceptors (Lipinski definition) is 8. The highest BCUT2D eigenvalue weighted by Crippen LogP contribution is 2.31. The number of hydrogen-bond donors (Lipinski definition) is 4. The van der Waals surface area contributed by atoms with Crippen molar-refractivity contribution in [1.29, 1.82) is 0 Å². The molecule has 0 bridgehead atoms. The van der Waals surface area contributed by atoms with Gasteiger partial charge in [-0.15, -0.1) is 0 Å². The van der Waals surface area contributed by atoms with Gasteiger partial charge in [0.05, 0.1) is 37.4 Å². The number of nitrogens with one attached hydrogen (secondary N) is 3. The molecule has 7 atom stereocenters. The number of ether oxygens (including phenoxy) is 1. The van der Waals surface area contributed by atoms with E-state index in [4.69, 9.17) is 10.5 Å². The van der Waals surface area contributed by atoms with Crippen LogP contribution in [-0.4, -0.2) is 122 Å². The number of piperidine rings is 1. The summed E-state index contributed by atoms with van der Waals surface area (Å²) in [5, 5.41) is 11.4. The summed E-state index contributed by atoms with van der Waals surface area (Å²) in [6, 6.07) is 1.30. The Morgan fingerprint density at radius 1 is 1.26 bits per heavy atom. The lowest BCUT2D eigenvalue weighted by atomic mass is 9.94. The zero-order valence-electron chi connectivity index (χ0n) is 18.3. The highest BCUT2D eigenvalue weighted by Gasteiger charge is 2.43. The minimum absolute atomic E-state index is 0.0149. The molecule has 0 radical (unpaired) electrons. The number of nitrogens with zero attached hydrogens (tertiary/aromatic N) is 4. The molecule has 5 aliphatic rings. The first-order valence-corrected chi connectivity index (χ1v) is 11.7. The van der Waals surface area contributed by atoms with E-state index in [0.717, 1.165) is 52.4 Å². The van der Waals surface area contributed by atoms with Crippen LogP contribution < -0.4 is 21.7 Å². The van der Waals surface area contributed by atoms with E-state index in [0.29, 0.717) is 18.1 Å². The van der Waals surface area contributed by atoms with Crippen LogP contribution in [0.4, 0.5) is 4.39 Å². The summed E-state index contributed by atoms with van der Waals surface area (Å²) in [4.78, 5) is 18.4. The average Bonchev–Trinajstić information content (AvgIpc) is 3.02. The van der Waals surface area contributed by atoms with Gasteiger partial charge in [-0.1, -0.05) is 6.17 Å². The average molecular weight is 440 g/mol. The third-order valence-electron chi connectivity index (χ3n) is 7.59. The molecule has 5 heterocycles. The van der Waals surface area contributed by atoms with Gasteiger partial charge in [0.1, 0.15) is 6.17 Å². The molecule has 5 aliphatic heterocycles. The molecule has 6 unspecified atom stereocenters. The monoisotopic (exact) mass is 439 g/mol. The molecule has 11 heteroatoms. The van der Waals surface area contributed by atoms with Gasteiger partial charge in [-0.05, 0) is 19.9 Å². The normalized spacial score (nSPS) is 43.4. The Hall–Kier alpha value is -0.920. The van der Waals surface area contributed by atoms with Crippen molar-refractivity contribution in [2.24, 2.45) is 11.7 Å². The number of carbonyl (C=O) groups is 1. The quantitative estimate of drug-likeness (QED) is 0.399. The molecule has 0 aromatic heterocycles. The summed E-state index contributed by atoms with van der Waals surface area (Å²) in [5.74, 6) is -0.604. The van der Waals surface area contributed by atoms with Crippen LogP contribution in [0.5, 0.6) is 0 Å².